The second-order valence-electron chi connectivity index (χ2n) is 6.80. The van der Waals surface area contributed by atoms with Crippen LogP contribution in [0, 0.1) is 11.6 Å². The van der Waals surface area contributed by atoms with Crippen LogP contribution >= 0.6 is 0 Å². The zero-order valence-corrected chi connectivity index (χ0v) is 15.9. The van der Waals surface area contributed by atoms with E-state index in [1.165, 1.54) is 28.6 Å². The molecule has 0 saturated carbocycles. The topological polar surface area (TPSA) is 59.1 Å². The lowest BCUT2D eigenvalue weighted by molar-refractivity contribution is -0.0178. The normalized spacial score (nSPS) is 18.5. The van der Waals surface area contributed by atoms with E-state index in [9.17, 15) is 17.2 Å². The Morgan fingerprint density at radius 1 is 0.964 bits per heavy atom. The largest absolute Gasteiger partial charge is 0.467 e. The van der Waals surface area contributed by atoms with E-state index in [1.54, 1.807) is 0 Å². The van der Waals surface area contributed by atoms with Crippen LogP contribution in [0.4, 0.5) is 8.78 Å². The maximum Gasteiger partial charge on any atom is 0.243 e. The molecule has 150 valence electrons. The molecule has 1 fully saturated rings. The Bertz CT molecular complexity index is 959. The van der Waals surface area contributed by atoms with Gasteiger partial charge >= 0.3 is 0 Å². The van der Waals surface area contributed by atoms with E-state index < -0.39 is 15.8 Å². The zero-order valence-electron chi connectivity index (χ0n) is 15.1. The van der Waals surface area contributed by atoms with Gasteiger partial charge < -0.3 is 9.47 Å². The molecule has 2 aliphatic heterocycles. The smallest absolute Gasteiger partial charge is 0.243 e. The highest BCUT2D eigenvalue weighted by Gasteiger charge is 2.29. The van der Waals surface area contributed by atoms with Crippen LogP contribution in [-0.2, 0) is 27.9 Å². The molecule has 0 atom stereocenters. The van der Waals surface area contributed by atoms with E-state index in [1.807, 2.05) is 0 Å². The number of benzene rings is 2. The third-order valence-electron chi connectivity index (χ3n) is 4.93. The van der Waals surface area contributed by atoms with Crippen molar-refractivity contribution in [3.05, 3.63) is 59.2 Å². The summed E-state index contributed by atoms with van der Waals surface area (Å²) in [6, 6.07) is 7.68. The average molecular weight is 410 g/mol. The SMILES string of the molecule is O=S(=O)(c1ccc(F)cc1)N1CCN(Cc2cc(F)cc3c2OCOC3)CC1. The van der Waals surface area contributed by atoms with Crippen LogP contribution in [0.5, 0.6) is 5.75 Å². The van der Waals surface area contributed by atoms with Crippen molar-refractivity contribution in [3.8, 4) is 5.75 Å². The van der Waals surface area contributed by atoms with Gasteiger partial charge in [-0.05, 0) is 36.4 Å². The third-order valence-corrected chi connectivity index (χ3v) is 6.84. The Kier molecular flexibility index (Phi) is 5.33. The molecule has 1 saturated heterocycles. The minimum absolute atomic E-state index is 0.0787. The summed E-state index contributed by atoms with van der Waals surface area (Å²) in [6.07, 6.45) is 0. The Hall–Kier alpha value is -2.07. The summed E-state index contributed by atoms with van der Waals surface area (Å²) in [4.78, 5) is 2.14. The molecule has 0 amide bonds. The van der Waals surface area contributed by atoms with Crippen LogP contribution in [0.25, 0.3) is 0 Å². The molecule has 0 unspecified atom stereocenters. The second kappa shape index (κ2) is 7.75. The van der Waals surface area contributed by atoms with Gasteiger partial charge in [-0.3, -0.25) is 4.90 Å². The van der Waals surface area contributed by atoms with Gasteiger partial charge in [0.25, 0.3) is 0 Å². The van der Waals surface area contributed by atoms with E-state index in [4.69, 9.17) is 9.47 Å². The summed E-state index contributed by atoms with van der Waals surface area (Å²) in [5.74, 6) is -0.177. The van der Waals surface area contributed by atoms with Crippen molar-refractivity contribution in [1.29, 1.82) is 0 Å². The molecule has 0 bridgehead atoms. The molecule has 0 aromatic heterocycles. The lowest BCUT2D eigenvalue weighted by atomic mass is 10.1. The fraction of sp³-hybridized carbons (Fsp3) is 0.368. The van der Waals surface area contributed by atoms with Crippen LogP contribution in [0.3, 0.4) is 0 Å². The van der Waals surface area contributed by atoms with Gasteiger partial charge in [-0.2, -0.15) is 4.31 Å². The van der Waals surface area contributed by atoms with Crippen LogP contribution in [0.15, 0.2) is 41.3 Å². The summed E-state index contributed by atoms with van der Waals surface area (Å²) in [5, 5.41) is 0. The molecule has 9 heteroatoms. The summed E-state index contributed by atoms with van der Waals surface area (Å²) in [5.41, 5.74) is 1.41. The first-order valence-corrected chi connectivity index (χ1v) is 10.4. The van der Waals surface area contributed by atoms with Gasteiger partial charge in [0.05, 0.1) is 11.5 Å². The van der Waals surface area contributed by atoms with Gasteiger partial charge in [0, 0.05) is 43.9 Å². The number of hydrogen-bond donors (Lipinski definition) is 0. The number of piperazine rings is 1. The van der Waals surface area contributed by atoms with Gasteiger partial charge in [0.15, 0.2) is 6.79 Å². The highest BCUT2D eigenvalue weighted by atomic mass is 32.2. The average Bonchev–Trinajstić information content (AvgIpc) is 2.68. The van der Waals surface area contributed by atoms with E-state index in [-0.39, 0.29) is 17.5 Å². The minimum Gasteiger partial charge on any atom is -0.467 e. The number of fused-ring (bicyclic) bond motifs is 1. The Morgan fingerprint density at radius 2 is 1.68 bits per heavy atom. The molecular formula is C19H20F2N2O4S. The fourth-order valence-electron chi connectivity index (χ4n) is 3.50. The van der Waals surface area contributed by atoms with Gasteiger partial charge in [-0.1, -0.05) is 0 Å². The number of sulfonamides is 1. The maximum atomic E-state index is 13.9. The molecule has 0 aliphatic carbocycles. The molecular weight excluding hydrogens is 390 g/mol. The van der Waals surface area contributed by atoms with E-state index in [2.05, 4.69) is 4.90 Å². The van der Waals surface area contributed by atoms with Crippen molar-refractivity contribution in [2.24, 2.45) is 0 Å². The van der Waals surface area contributed by atoms with Gasteiger partial charge in [0.2, 0.25) is 10.0 Å². The Labute approximate surface area is 162 Å². The predicted molar refractivity (Wildman–Crippen MR) is 97.1 cm³/mol. The number of hydrogen-bond acceptors (Lipinski definition) is 5. The molecule has 2 aromatic carbocycles. The summed E-state index contributed by atoms with van der Waals surface area (Å²) >= 11 is 0. The lowest BCUT2D eigenvalue weighted by Gasteiger charge is -2.34. The molecule has 0 spiro atoms. The lowest BCUT2D eigenvalue weighted by Crippen LogP contribution is -2.48. The predicted octanol–water partition coefficient (Wildman–Crippen LogP) is 2.34. The van der Waals surface area contributed by atoms with Crippen molar-refractivity contribution >= 4 is 10.0 Å². The van der Waals surface area contributed by atoms with Crippen molar-refractivity contribution in [1.82, 2.24) is 9.21 Å². The molecule has 2 aliphatic rings. The number of ether oxygens (including phenoxy) is 2. The molecule has 28 heavy (non-hydrogen) atoms. The quantitative estimate of drug-likeness (QED) is 0.775. The first-order chi connectivity index (χ1) is 13.4. The van der Waals surface area contributed by atoms with Crippen molar-refractivity contribution in [3.63, 3.8) is 0 Å². The maximum absolute atomic E-state index is 13.9. The molecule has 0 N–H and O–H groups in total. The number of nitrogens with zero attached hydrogens (tertiary/aromatic N) is 2. The van der Waals surface area contributed by atoms with Crippen LogP contribution in [0.2, 0.25) is 0 Å². The number of halogens is 2. The van der Waals surface area contributed by atoms with Gasteiger partial charge in [-0.25, -0.2) is 17.2 Å². The van der Waals surface area contributed by atoms with E-state index in [0.29, 0.717) is 50.6 Å². The Morgan fingerprint density at radius 3 is 2.39 bits per heavy atom. The summed E-state index contributed by atoms with van der Waals surface area (Å²) in [7, 11) is -3.66. The molecule has 4 rings (SSSR count). The summed E-state index contributed by atoms with van der Waals surface area (Å²) in [6.45, 7) is 2.52. The van der Waals surface area contributed by atoms with E-state index >= 15 is 0 Å². The van der Waals surface area contributed by atoms with Crippen molar-refractivity contribution in [2.45, 2.75) is 18.0 Å². The molecule has 6 nitrogen and oxygen atoms in total. The summed E-state index contributed by atoms with van der Waals surface area (Å²) < 4.78 is 64.5. The zero-order chi connectivity index (χ0) is 19.7. The highest BCUT2D eigenvalue weighted by Crippen LogP contribution is 2.30. The van der Waals surface area contributed by atoms with Gasteiger partial charge in [-0.15, -0.1) is 0 Å². The van der Waals surface area contributed by atoms with Crippen LogP contribution in [0.1, 0.15) is 11.1 Å². The standard InChI is InChI=1S/C19H20F2N2O4S/c20-16-1-3-18(4-2-16)28(24,25)23-7-5-22(6-8-23)11-14-9-17(21)10-15-12-26-13-27-19(14)15/h1-4,9-10H,5-8,11-13H2. The van der Waals surface area contributed by atoms with Crippen molar-refractivity contribution in [2.75, 3.05) is 33.0 Å². The fourth-order valence-corrected chi connectivity index (χ4v) is 4.92. The highest BCUT2D eigenvalue weighted by molar-refractivity contribution is 7.89. The van der Waals surface area contributed by atoms with Crippen LogP contribution in [-0.4, -0.2) is 50.6 Å². The molecule has 2 heterocycles. The number of rotatable bonds is 4. The third kappa shape index (κ3) is 3.88. The first kappa shape index (κ1) is 19.3. The minimum atomic E-state index is -3.66. The monoisotopic (exact) mass is 410 g/mol. The van der Waals surface area contributed by atoms with Crippen LogP contribution < -0.4 is 4.74 Å². The second-order valence-corrected chi connectivity index (χ2v) is 8.74. The first-order valence-electron chi connectivity index (χ1n) is 8.93. The van der Waals surface area contributed by atoms with E-state index in [0.717, 1.165) is 17.7 Å². The Balaban J connectivity index is 1.44. The van der Waals surface area contributed by atoms with Gasteiger partial charge in [0.1, 0.15) is 17.4 Å². The molecule has 0 radical (unpaired) electrons. The molecule has 2 aromatic rings. The van der Waals surface area contributed by atoms with Crippen molar-refractivity contribution < 1.29 is 26.7 Å².